The number of carbonyl (C=O) groups is 1. The van der Waals surface area contributed by atoms with Crippen molar-refractivity contribution in [3.63, 3.8) is 0 Å². The maximum Gasteiger partial charge on any atom is 0.246 e. The number of anilines is 1. The standard InChI is InChI=1S/C23H22N2O/c1-17-12-14-20(15-13-17)25-22(19-10-6-3-7-11-19)24-21(23(25)26)16-18-8-4-2-5-9-18/h2-15,21-22,24H,16H2,1H3. The Balaban J connectivity index is 1.68. The average molecular weight is 342 g/mol. The molecule has 3 heteroatoms. The molecule has 1 aliphatic rings. The maximum atomic E-state index is 13.2. The second-order valence-corrected chi connectivity index (χ2v) is 6.77. The number of hydrogen-bond acceptors (Lipinski definition) is 2. The van der Waals surface area contributed by atoms with Gasteiger partial charge in [0, 0.05) is 5.69 Å². The van der Waals surface area contributed by atoms with Crippen LogP contribution in [0.5, 0.6) is 0 Å². The van der Waals surface area contributed by atoms with Gasteiger partial charge < -0.3 is 0 Å². The van der Waals surface area contributed by atoms with E-state index in [1.165, 1.54) is 5.56 Å². The molecule has 1 fully saturated rings. The molecule has 0 saturated carbocycles. The van der Waals surface area contributed by atoms with Crippen LogP contribution in [-0.4, -0.2) is 11.9 Å². The minimum atomic E-state index is -0.232. The van der Waals surface area contributed by atoms with Gasteiger partial charge in [0.05, 0.1) is 6.04 Å². The van der Waals surface area contributed by atoms with Crippen LogP contribution in [0, 0.1) is 6.92 Å². The first-order valence-electron chi connectivity index (χ1n) is 8.97. The lowest BCUT2D eigenvalue weighted by atomic mass is 10.1. The highest BCUT2D eigenvalue weighted by atomic mass is 16.2. The predicted molar refractivity (Wildman–Crippen MR) is 105 cm³/mol. The monoisotopic (exact) mass is 342 g/mol. The van der Waals surface area contributed by atoms with Crippen molar-refractivity contribution in [2.24, 2.45) is 0 Å². The maximum absolute atomic E-state index is 13.2. The molecule has 3 aromatic rings. The van der Waals surface area contributed by atoms with E-state index in [2.05, 4.69) is 48.6 Å². The third kappa shape index (κ3) is 3.26. The highest BCUT2D eigenvalue weighted by Gasteiger charge is 2.40. The van der Waals surface area contributed by atoms with Crippen molar-refractivity contribution in [1.29, 1.82) is 0 Å². The topological polar surface area (TPSA) is 32.3 Å². The van der Waals surface area contributed by atoms with Crippen molar-refractivity contribution in [2.75, 3.05) is 4.90 Å². The first-order valence-corrected chi connectivity index (χ1v) is 8.97. The van der Waals surface area contributed by atoms with Crippen LogP contribution < -0.4 is 10.2 Å². The van der Waals surface area contributed by atoms with Crippen molar-refractivity contribution < 1.29 is 4.79 Å². The molecule has 1 aliphatic heterocycles. The molecule has 4 rings (SSSR count). The number of nitrogens with one attached hydrogen (secondary N) is 1. The van der Waals surface area contributed by atoms with E-state index >= 15 is 0 Å². The van der Waals surface area contributed by atoms with Gasteiger partial charge in [0.1, 0.15) is 6.17 Å². The lowest BCUT2D eigenvalue weighted by Gasteiger charge is -2.24. The molecule has 3 nitrogen and oxygen atoms in total. The number of benzene rings is 3. The Labute approximate surface area is 154 Å². The molecule has 26 heavy (non-hydrogen) atoms. The Morgan fingerprint density at radius 1 is 0.846 bits per heavy atom. The molecule has 1 N–H and O–H groups in total. The number of nitrogens with zero attached hydrogens (tertiary/aromatic N) is 1. The smallest absolute Gasteiger partial charge is 0.246 e. The quantitative estimate of drug-likeness (QED) is 0.769. The van der Waals surface area contributed by atoms with Crippen molar-refractivity contribution >= 4 is 11.6 Å². The zero-order valence-corrected chi connectivity index (χ0v) is 14.8. The Bertz CT molecular complexity index is 875. The van der Waals surface area contributed by atoms with Crippen LogP contribution in [0.15, 0.2) is 84.9 Å². The van der Waals surface area contributed by atoms with Crippen molar-refractivity contribution in [3.05, 3.63) is 102 Å². The van der Waals surface area contributed by atoms with E-state index < -0.39 is 0 Å². The van der Waals surface area contributed by atoms with E-state index in [9.17, 15) is 4.79 Å². The molecule has 0 aliphatic carbocycles. The molecule has 3 aromatic carbocycles. The summed E-state index contributed by atoms with van der Waals surface area (Å²) < 4.78 is 0. The van der Waals surface area contributed by atoms with Crippen LogP contribution in [0.4, 0.5) is 5.69 Å². The van der Waals surface area contributed by atoms with Gasteiger partial charge in [-0.3, -0.25) is 15.0 Å². The van der Waals surface area contributed by atoms with Crippen LogP contribution in [0.2, 0.25) is 0 Å². The molecule has 2 atom stereocenters. The fraction of sp³-hybridized carbons (Fsp3) is 0.174. The second kappa shape index (κ2) is 7.14. The zero-order chi connectivity index (χ0) is 17.9. The van der Waals surface area contributed by atoms with Gasteiger partial charge in [-0.15, -0.1) is 0 Å². The first kappa shape index (κ1) is 16.6. The Hall–Kier alpha value is -2.91. The van der Waals surface area contributed by atoms with Gasteiger partial charge in [-0.1, -0.05) is 78.4 Å². The van der Waals surface area contributed by atoms with E-state index in [-0.39, 0.29) is 18.1 Å². The molecule has 1 heterocycles. The number of rotatable bonds is 4. The first-order chi connectivity index (χ1) is 12.7. The lowest BCUT2D eigenvalue weighted by Crippen LogP contribution is -2.32. The Morgan fingerprint density at radius 2 is 1.46 bits per heavy atom. The largest absolute Gasteiger partial charge is 0.291 e. The predicted octanol–water partition coefficient (Wildman–Crippen LogP) is 4.24. The third-order valence-corrected chi connectivity index (χ3v) is 4.86. The Morgan fingerprint density at radius 3 is 2.12 bits per heavy atom. The van der Waals surface area contributed by atoms with Crippen molar-refractivity contribution in [3.8, 4) is 0 Å². The van der Waals surface area contributed by atoms with Crippen LogP contribution in [0.1, 0.15) is 22.9 Å². The zero-order valence-electron chi connectivity index (χ0n) is 14.8. The third-order valence-electron chi connectivity index (χ3n) is 4.86. The number of hydrogen-bond donors (Lipinski definition) is 1. The van der Waals surface area contributed by atoms with Crippen LogP contribution in [0.3, 0.4) is 0 Å². The van der Waals surface area contributed by atoms with Gasteiger partial charge in [0.15, 0.2) is 0 Å². The average Bonchev–Trinajstić information content (AvgIpc) is 3.00. The highest BCUT2D eigenvalue weighted by molar-refractivity contribution is 6.00. The minimum absolute atomic E-state index is 0.117. The molecule has 0 radical (unpaired) electrons. The van der Waals surface area contributed by atoms with Crippen molar-refractivity contribution in [1.82, 2.24) is 5.32 Å². The summed E-state index contributed by atoms with van der Waals surface area (Å²) in [6.45, 7) is 2.06. The molecule has 2 unspecified atom stereocenters. The summed E-state index contributed by atoms with van der Waals surface area (Å²) >= 11 is 0. The SMILES string of the molecule is Cc1ccc(N2C(=O)C(Cc3ccccc3)NC2c2ccccc2)cc1. The normalized spacial score (nSPS) is 19.7. The molecule has 1 amide bonds. The van der Waals surface area contributed by atoms with E-state index in [1.807, 2.05) is 53.4 Å². The Kier molecular flexibility index (Phi) is 4.55. The molecule has 130 valence electrons. The molecule has 0 aromatic heterocycles. The summed E-state index contributed by atoms with van der Waals surface area (Å²) in [6.07, 6.45) is 0.533. The molecule has 1 saturated heterocycles. The summed E-state index contributed by atoms with van der Waals surface area (Å²) in [6, 6.07) is 28.2. The summed E-state index contributed by atoms with van der Waals surface area (Å²) in [5.41, 5.74) is 4.37. The minimum Gasteiger partial charge on any atom is -0.291 e. The van der Waals surface area contributed by atoms with Gasteiger partial charge in [-0.25, -0.2) is 0 Å². The van der Waals surface area contributed by atoms with Gasteiger partial charge in [-0.2, -0.15) is 0 Å². The van der Waals surface area contributed by atoms with Gasteiger partial charge in [0.2, 0.25) is 5.91 Å². The van der Waals surface area contributed by atoms with Crippen molar-refractivity contribution in [2.45, 2.75) is 25.6 Å². The van der Waals surface area contributed by atoms with Gasteiger partial charge in [0.25, 0.3) is 0 Å². The fourth-order valence-electron chi connectivity index (χ4n) is 3.49. The van der Waals surface area contributed by atoms with Gasteiger partial charge in [-0.05, 0) is 36.6 Å². The van der Waals surface area contributed by atoms with E-state index in [0.29, 0.717) is 6.42 Å². The lowest BCUT2D eigenvalue weighted by molar-refractivity contribution is -0.118. The summed E-state index contributed by atoms with van der Waals surface area (Å²) in [4.78, 5) is 15.1. The summed E-state index contributed by atoms with van der Waals surface area (Å²) in [5, 5.41) is 3.55. The molecular formula is C23H22N2O. The van der Waals surface area contributed by atoms with Gasteiger partial charge >= 0.3 is 0 Å². The number of carbonyl (C=O) groups excluding carboxylic acids is 1. The van der Waals surface area contributed by atoms with Crippen LogP contribution in [-0.2, 0) is 11.2 Å². The van der Waals surface area contributed by atoms with E-state index in [1.54, 1.807) is 0 Å². The van der Waals surface area contributed by atoms with Crippen LogP contribution >= 0.6 is 0 Å². The highest BCUT2D eigenvalue weighted by Crippen LogP contribution is 2.32. The number of amides is 1. The number of aryl methyl sites for hydroxylation is 1. The van der Waals surface area contributed by atoms with E-state index in [0.717, 1.165) is 16.8 Å². The molecule has 0 bridgehead atoms. The second-order valence-electron chi connectivity index (χ2n) is 6.77. The van der Waals surface area contributed by atoms with E-state index in [4.69, 9.17) is 0 Å². The summed E-state index contributed by atoms with van der Waals surface area (Å²) in [5.74, 6) is 0.117. The molecule has 0 spiro atoms. The fourth-order valence-corrected chi connectivity index (χ4v) is 3.49. The molecular weight excluding hydrogens is 320 g/mol. The summed E-state index contributed by atoms with van der Waals surface area (Å²) in [7, 11) is 0. The van der Waals surface area contributed by atoms with Crippen LogP contribution in [0.25, 0.3) is 0 Å².